The number of amides is 2. The SMILES string of the molecule is O=C(Nc1ccco1)N1CCN(c2ccc(-c3ccc4c(c3)OCO4)nn2)CC1. The lowest BCUT2D eigenvalue weighted by atomic mass is 10.1. The lowest BCUT2D eigenvalue weighted by Gasteiger charge is -2.34. The Balaban J connectivity index is 1.21. The lowest BCUT2D eigenvalue weighted by Crippen LogP contribution is -2.50. The second kappa shape index (κ2) is 7.34. The quantitative estimate of drug-likeness (QED) is 0.731. The molecule has 2 aromatic heterocycles. The number of aromatic nitrogens is 2. The van der Waals surface area contributed by atoms with E-state index in [1.165, 1.54) is 6.26 Å². The van der Waals surface area contributed by atoms with Gasteiger partial charge in [-0.3, -0.25) is 5.32 Å². The van der Waals surface area contributed by atoms with E-state index in [0.29, 0.717) is 32.1 Å². The van der Waals surface area contributed by atoms with E-state index in [9.17, 15) is 4.79 Å². The number of nitrogens with one attached hydrogen (secondary N) is 1. The summed E-state index contributed by atoms with van der Waals surface area (Å²) >= 11 is 0. The van der Waals surface area contributed by atoms with E-state index in [0.717, 1.165) is 28.6 Å². The molecule has 2 aliphatic rings. The first kappa shape index (κ1) is 17.4. The average Bonchev–Trinajstić information content (AvgIpc) is 3.45. The molecule has 4 heterocycles. The molecule has 0 radical (unpaired) electrons. The largest absolute Gasteiger partial charge is 0.454 e. The maximum absolute atomic E-state index is 12.3. The van der Waals surface area contributed by atoms with Crippen molar-refractivity contribution in [2.75, 3.05) is 43.2 Å². The van der Waals surface area contributed by atoms with Gasteiger partial charge in [-0.1, -0.05) is 0 Å². The Hall–Kier alpha value is -3.75. The molecule has 0 atom stereocenters. The number of carbonyl (C=O) groups excluding carboxylic acids is 1. The molecule has 9 heteroatoms. The van der Waals surface area contributed by atoms with Crippen LogP contribution in [0.5, 0.6) is 11.5 Å². The maximum Gasteiger partial charge on any atom is 0.324 e. The van der Waals surface area contributed by atoms with Crippen molar-refractivity contribution in [3.63, 3.8) is 0 Å². The first-order chi connectivity index (χ1) is 14.3. The number of piperazine rings is 1. The van der Waals surface area contributed by atoms with E-state index in [1.54, 1.807) is 17.0 Å². The highest BCUT2D eigenvalue weighted by Crippen LogP contribution is 2.35. The summed E-state index contributed by atoms with van der Waals surface area (Å²) < 4.78 is 15.9. The number of nitrogens with zero attached hydrogens (tertiary/aromatic N) is 4. The summed E-state index contributed by atoms with van der Waals surface area (Å²) in [4.78, 5) is 16.2. The minimum atomic E-state index is -0.163. The summed E-state index contributed by atoms with van der Waals surface area (Å²) in [6.07, 6.45) is 1.53. The number of carbonyl (C=O) groups is 1. The third-order valence-electron chi connectivity index (χ3n) is 4.96. The van der Waals surface area contributed by atoms with Gasteiger partial charge in [0, 0.05) is 37.8 Å². The van der Waals surface area contributed by atoms with Crippen LogP contribution < -0.4 is 19.7 Å². The van der Waals surface area contributed by atoms with Crippen molar-refractivity contribution in [3.05, 3.63) is 48.7 Å². The van der Waals surface area contributed by atoms with Crippen LogP contribution in [0.25, 0.3) is 11.3 Å². The van der Waals surface area contributed by atoms with Gasteiger partial charge < -0.3 is 23.7 Å². The standard InChI is InChI=1S/C20H19N5O4/c26-20(21-19-2-1-11-27-19)25-9-7-24(8-10-25)18-6-4-15(22-23-18)14-3-5-16-17(12-14)29-13-28-16/h1-6,11-12H,7-10,13H2,(H,21,26). The second-order valence-electron chi connectivity index (χ2n) is 6.73. The van der Waals surface area contributed by atoms with Gasteiger partial charge in [0.2, 0.25) is 12.7 Å². The normalized spacial score (nSPS) is 15.4. The van der Waals surface area contributed by atoms with Crippen molar-refractivity contribution in [1.29, 1.82) is 0 Å². The zero-order chi connectivity index (χ0) is 19.6. The summed E-state index contributed by atoms with van der Waals surface area (Å²) in [7, 11) is 0. The molecule has 2 aliphatic heterocycles. The first-order valence-electron chi connectivity index (χ1n) is 9.34. The predicted octanol–water partition coefficient (Wildman–Crippen LogP) is 2.82. The van der Waals surface area contributed by atoms with Crippen molar-refractivity contribution in [3.8, 4) is 22.8 Å². The van der Waals surface area contributed by atoms with Gasteiger partial charge in [0.05, 0.1) is 12.0 Å². The number of rotatable bonds is 3. The van der Waals surface area contributed by atoms with Crippen molar-refractivity contribution >= 4 is 17.7 Å². The van der Waals surface area contributed by atoms with Crippen LogP contribution in [0.15, 0.2) is 53.1 Å². The number of benzene rings is 1. The van der Waals surface area contributed by atoms with Gasteiger partial charge in [0.1, 0.15) is 0 Å². The molecule has 1 saturated heterocycles. The average molecular weight is 393 g/mol. The number of fused-ring (bicyclic) bond motifs is 1. The molecule has 29 heavy (non-hydrogen) atoms. The van der Waals surface area contributed by atoms with Crippen molar-refractivity contribution < 1.29 is 18.7 Å². The fourth-order valence-electron chi connectivity index (χ4n) is 3.38. The number of anilines is 2. The molecule has 1 aromatic carbocycles. The molecule has 0 unspecified atom stereocenters. The van der Waals surface area contributed by atoms with E-state index in [1.807, 2.05) is 30.3 Å². The van der Waals surface area contributed by atoms with E-state index < -0.39 is 0 Å². The highest BCUT2D eigenvalue weighted by Gasteiger charge is 2.23. The molecule has 2 amide bonds. The van der Waals surface area contributed by atoms with Gasteiger partial charge >= 0.3 is 6.03 Å². The van der Waals surface area contributed by atoms with Crippen LogP contribution in [-0.4, -0.2) is 54.1 Å². The molecule has 9 nitrogen and oxygen atoms in total. The van der Waals surface area contributed by atoms with Crippen LogP contribution in [0.2, 0.25) is 0 Å². The Labute approximate surface area is 166 Å². The van der Waals surface area contributed by atoms with E-state index in [4.69, 9.17) is 13.9 Å². The van der Waals surface area contributed by atoms with E-state index in [-0.39, 0.29) is 12.8 Å². The van der Waals surface area contributed by atoms with Crippen LogP contribution in [0.4, 0.5) is 16.5 Å². The van der Waals surface area contributed by atoms with E-state index >= 15 is 0 Å². The van der Waals surface area contributed by atoms with Gasteiger partial charge in [0.25, 0.3) is 0 Å². The smallest absolute Gasteiger partial charge is 0.324 e. The molecular formula is C20H19N5O4. The molecular weight excluding hydrogens is 374 g/mol. The molecule has 0 aliphatic carbocycles. The Morgan fingerprint density at radius 3 is 2.59 bits per heavy atom. The fraction of sp³-hybridized carbons (Fsp3) is 0.250. The maximum atomic E-state index is 12.3. The highest BCUT2D eigenvalue weighted by atomic mass is 16.7. The summed E-state index contributed by atoms with van der Waals surface area (Å²) in [5.41, 5.74) is 1.69. The lowest BCUT2D eigenvalue weighted by molar-refractivity contribution is 0.174. The minimum absolute atomic E-state index is 0.163. The summed E-state index contributed by atoms with van der Waals surface area (Å²) in [5.74, 6) is 2.70. The van der Waals surface area contributed by atoms with Crippen LogP contribution in [0.1, 0.15) is 0 Å². The number of urea groups is 1. The number of furan rings is 1. The van der Waals surface area contributed by atoms with Crippen LogP contribution in [0.3, 0.4) is 0 Å². The number of ether oxygens (including phenoxy) is 2. The van der Waals surface area contributed by atoms with Gasteiger partial charge in [-0.15, -0.1) is 10.2 Å². The topological polar surface area (TPSA) is 93.0 Å². The summed E-state index contributed by atoms with van der Waals surface area (Å²) in [6.45, 7) is 2.80. The predicted molar refractivity (Wildman–Crippen MR) is 105 cm³/mol. The Kier molecular flexibility index (Phi) is 4.39. The molecule has 5 rings (SSSR count). The summed E-state index contributed by atoms with van der Waals surface area (Å²) in [6, 6.07) is 12.9. The second-order valence-corrected chi connectivity index (χ2v) is 6.73. The molecule has 0 spiro atoms. The van der Waals surface area contributed by atoms with Crippen LogP contribution in [0, 0.1) is 0 Å². The van der Waals surface area contributed by atoms with Crippen molar-refractivity contribution in [1.82, 2.24) is 15.1 Å². The van der Waals surface area contributed by atoms with Crippen LogP contribution >= 0.6 is 0 Å². The summed E-state index contributed by atoms with van der Waals surface area (Å²) in [5, 5.41) is 11.5. The van der Waals surface area contributed by atoms with Crippen LogP contribution in [-0.2, 0) is 0 Å². The Morgan fingerprint density at radius 2 is 1.83 bits per heavy atom. The van der Waals surface area contributed by atoms with Gasteiger partial charge in [-0.25, -0.2) is 4.79 Å². The molecule has 3 aromatic rings. The Morgan fingerprint density at radius 1 is 0.966 bits per heavy atom. The fourth-order valence-corrected chi connectivity index (χ4v) is 3.38. The zero-order valence-electron chi connectivity index (χ0n) is 15.6. The highest BCUT2D eigenvalue weighted by molar-refractivity contribution is 5.88. The number of hydrogen-bond donors (Lipinski definition) is 1. The monoisotopic (exact) mass is 393 g/mol. The molecule has 0 saturated carbocycles. The first-order valence-corrected chi connectivity index (χ1v) is 9.34. The zero-order valence-corrected chi connectivity index (χ0v) is 15.6. The molecule has 1 fully saturated rings. The molecule has 1 N–H and O–H groups in total. The third-order valence-corrected chi connectivity index (χ3v) is 4.96. The Bertz CT molecular complexity index is 998. The van der Waals surface area contributed by atoms with Crippen molar-refractivity contribution in [2.24, 2.45) is 0 Å². The molecule has 148 valence electrons. The van der Waals surface area contributed by atoms with E-state index in [2.05, 4.69) is 20.4 Å². The third kappa shape index (κ3) is 3.54. The van der Waals surface area contributed by atoms with Gasteiger partial charge in [-0.2, -0.15) is 0 Å². The minimum Gasteiger partial charge on any atom is -0.454 e. The number of hydrogen-bond acceptors (Lipinski definition) is 7. The van der Waals surface area contributed by atoms with Gasteiger partial charge in [-0.05, 0) is 36.4 Å². The molecule has 0 bridgehead atoms. The van der Waals surface area contributed by atoms with Gasteiger partial charge in [0.15, 0.2) is 17.3 Å². The van der Waals surface area contributed by atoms with Crippen molar-refractivity contribution in [2.45, 2.75) is 0 Å².